The summed E-state index contributed by atoms with van der Waals surface area (Å²) in [6.07, 6.45) is 1.58. The molecule has 1 aromatic heterocycles. The first kappa shape index (κ1) is 15.1. The highest BCUT2D eigenvalue weighted by Crippen LogP contribution is 2.17. The highest BCUT2D eigenvalue weighted by molar-refractivity contribution is 5.89. The van der Waals surface area contributed by atoms with Crippen molar-refractivity contribution in [2.75, 3.05) is 11.9 Å². The van der Waals surface area contributed by atoms with Crippen LogP contribution in [0.4, 0.5) is 10.5 Å². The summed E-state index contributed by atoms with van der Waals surface area (Å²) < 4.78 is 5.16. The third-order valence-corrected chi connectivity index (χ3v) is 3.16. The van der Waals surface area contributed by atoms with E-state index in [0.717, 1.165) is 23.6 Å². The first-order chi connectivity index (χ1) is 10.2. The van der Waals surface area contributed by atoms with Crippen molar-refractivity contribution in [1.82, 2.24) is 10.6 Å². The summed E-state index contributed by atoms with van der Waals surface area (Å²) in [5.41, 5.74) is 1.91. The molecule has 0 bridgehead atoms. The maximum atomic E-state index is 11.8. The van der Waals surface area contributed by atoms with Gasteiger partial charge < -0.3 is 20.4 Å². The van der Waals surface area contributed by atoms with Crippen LogP contribution in [0.3, 0.4) is 0 Å². The molecule has 112 valence electrons. The molecule has 2 amide bonds. The smallest absolute Gasteiger partial charge is 0.319 e. The molecule has 1 heterocycles. The summed E-state index contributed by atoms with van der Waals surface area (Å²) in [6, 6.07) is 11.4. The van der Waals surface area contributed by atoms with E-state index in [1.165, 1.54) is 0 Å². The molecule has 2 rings (SSSR count). The third kappa shape index (κ3) is 4.65. The Bertz CT molecular complexity index is 567. The van der Waals surface area contributed by atoms with Crippen molar-refractivity contribution in [3.63, 3.8) is 0 Å². The molecular weight excluding hydrogens is 266 g/mol. The molecule has 2 aromatic rings. The van der Waals surface area contributed by atoms with Crippen molar-refractivity contribution >= 4 is 11.7 Å². The zero-order valence-electron chi connectivity index (χ0n) is 12.3. The molecule has 0 aliphatic rings. The van der Waals surface area contributed by atoms with Crippen LogP contribution in [-0.2, 0) is 6.54 Å². The Morgan fingerprint density at radius 1 is 1.29 bits per heavy atom. The van der Waals surface area contributed by atoms with Gasteiger partial charge in [-0.2, -0.15) is 0 Å². The number of amides is 2. The van der Waals surface area contributed by atoms with Crippen molar-refractivity contribution in [1.29, 1.82) is 0 Å². The van der Waals surface area contributed by atoms with Crippen molar-refractivity contribution < 1.29 is 9.21 Å². The largest absolute Gasteiger partial charge is 0.467 e. The second kappa shape index (κ2) is 7.50. The van der Waals surface area contributed by atoms with Gasteiger partial charge in [0.15, 0.2) is 0 Å². The Balaban J connectivity index is 1.89. The first-order valence-corrected chi connectivity index (χ1v) is 7.09. The van der Waals surface area contributed by atoms with Crippen LogP contribution in [0.25, 0.3) is 0 Å². The van der Waals surface area contributed by atoms with Gasteiger partial charge in [0, 0.05) is 11.7 Å². The average Bonchev–Trinajstić information content (AvgIpc) is 2.99. The quantitative estimate of drug-likeness (QED) is 0.764. The second-order valence-electron chi connectivity index (χ2n) is 4.79. The van der Waals surface area contributed by atoms with E-state index in [2.05, 4.69) is 29.8 Å². The minimum absolute atomic E-state index is 0.250. The van der Waals surface area contributed by atoms with Gasteiger partial charge in [0.25, 0.3) is 0 Å². The number of urea groups is 1. The molecule has 0 radical (unpaired) electrons. The zero-order chi connectivity index (χ0) is 15.1. The molecule has 1 aromatic carbocycles. The topological polar surface area (TPSA) is 66.3 Å². The minimum Gasteiger partial charge on any atom is -0.467 e. The van der Waals surface area contributed by atoms with Crippen LogP contribution in [-0.4, -0.2) is 12.6 Å². The molecule has 1 unspecified atom stereocenters. The maximum Gasteiger partial charge on any atom is 0.319 e. The summed E-state index contributed by atoms with van der Waals surface area (Å²) in [4.78, 5) is 11.8. The van der Waals surface area contributed by atoms with Gasteiger partial charge in [-0.1, -0.05) is 19.1 Å². The van der Waals surface area contributed by atoms with Gasteiger partial charge in [0.2, 0.25) is 0 Å². The highest BCUT2D eigenvalue weighted by atomic mass is 16.3. The number of carbonyl (C=O) groups excluding carboxylic acids is 1. The Morgan fingerprint density at radius 3 is 2.86 bits per heavy atom. The van der Waals surface area contributed by atoms with E-state index in [1.54, 1.807) is 12.3 Å². The number of carbonyl (C=O) groups is 1. The molecule has 5 heteroatoms. The molecular formula is C16H21N3O2. The normalized spacial score (nSPS) is 11.9. The number of furan rings is 1. The fourth-order valence-electron chi connectivity index (χ4n) is 2.07. The summed E-state index contributed by atoms with van der Waals surface area (Å²) in [5, 5.41) is 8.92. The number of anilines is 1. The van der Waals surface area contributed by atoms with Crippen molar-refractivity contribution in [2.45, 2.75) is 26.4 Å². The van der Waals surface area contributed by atoms with Crippen molar-refractivity contribution in [3.05, 3.63) is 54.0 Å². The second-order valence-corrected chi connectivity index (χ2v) is 4.79. The molecule has 0 aliphatic carbocycles. The van der Waals surface area contributed by atoms with Gasteiger partial charge in [-0.25, -0.2) is 4.79 Å². The molecule has 5 nitrogen and oxygen atoms in total. The van der Waals surface area contributed by atoms with Gasteiger partial charge in [0.05, 0.1) is 12.8 Å². The predicted molar refractivity (Wildman–Crippen MR) is 83.1 cm³/mol. The Hall–Kier alpha value is -2.27. The molecule has 0 fully saturated rings. The van der Waals surface area contributed by atoms with Crippen LogP contribution in [0.15, 0.2) is 47.1 Å². The van der Waals surface area contributed by atoms with E-state index in [0.29, 0.717) is 6.54 Å². The van der Waals surface area contributed by atoms with Crippen molar-refractivity contribution in [3.8, 4) is 0 Å². The first-order valence-electron chi connectivity index (χ1n) is 7.09. The van der Waals surface area contributed by atoms with E-state index >= 15 is 0 Å². The summed E-state index contributed by atoms with van der Waals surface area (Å²) in [6.45, 7) is 5.44. The van der Waals surface area contributed by atoms with Crippen LogP contribution in [0.1, 0.15) is 31.2 Å². The highest BCUT2D eigenvalue weighted by Gasteiger charge is 2.06. The fourth-order valence-corrected chi connectivity index (χ4v) is 2.07. The molecule has 21 heavy (non-hydrogen) atoms. The monoisotopic (exact) mass is 287 g/mol. The summed E-state index contributed by atoms with van der Waals surface area (Å²) in [5.74, 6) is 0.722. The van der Waals surface area contributed by atoms with Gasteiger partial charge in [-0.05, 0) is 43.3 Å². The van der Waals surface area contributed by atoms with Gasteiger partial charge in [-0.15, -0.1) is 0 Å². The van der Waals surface area contributed by atoms with E-state index in [-0.39, 0.29) is 12.1 Å². The number of nitrogens with one attached hydrogen (secondary N) is 3. The minimum atomic E-state index is -0.250. The van der Waals surface area contributed by atoms with E-state index in [9.17, 15) is 4.79 Å². The predicted octanol–water partition coefficient (Wildman–Crippen LogP) is 3.27. The van der Waals surface area contributed by atoms with Crippen LogP contribution in [0.2, 0.25) is 0 Å². The Morgan fingerprint density at radius 2 is 2.14 bits per heavy atom. The molecule has 0 spiro atoms. The number of hydrogen-bond donors (Lipinski definition) is 3. The van der Waals surface area contributed by atoms with Gasteiger partial charge in [-0.3, -0.25) is 0 Å². The van der Waals surface area contributed by atoms with Crippen LogP contribution >= 0.6 is 0 Å². The van der Waals surface area contributed by atoms with Crippen LogP contribution in [0.5, 0.6) is 0 Å². The fraction of sp³-hybridized carbons (Fsp3) is 0.312. The van der Waals surface area contributed by atoms with Gasteiger partial charge in [0.1, 0.15) is 5.76 Å². The lowest BCUT2D eigenvalue weighted by atomic mass is 10.1. The Labute approximate surface area is 124 Å². The number of hydrogen-bond acceptors (Lipinski definition) is 3. The van der Waals surface area contributed by atoms with E-state index < -0.39 is 0 Å². The van der Waals surface area contributed by atoms with Crippen LogP contribution in [0, 0.1) is 0 Å². The summed E-state index contributed by atoms with van der Waals surface area (Å²) >= 11 is 0. The Kier molecular flexibility index (Phi) is 5.40. The lowest BCUT2D eigenvalue weighted by Gasteiger charge is -2.14. The molecule has 0 aliphatic heterocycles. The number of rotatable bonds is 6. The zero-order valence-corrected chi connectivity index (χ0v) is 12.3. The molecule has 3 N–H and O–H groups in total. The molecule has 0 saturated carbocycles. The third-order valence-electron chi connectivity index (χ3n) is 3.16. The van der Waals surface area contributed by atoms with Gasteiger partial charge >= 0.3 is 6.03 Å². The molecule has 1 atom stereocenters. The average molecular weight is 287 g/mol. The van der Waals surface area contributed by atoms with E-state index in [1.807, 2.05) is 30.3 Å². The molecule has 0 saturated heterocycles. The van der Waals surface area contributed by atoms with Crippen molar-refractivity contribution in [2.24, 2.45) is 0 Å². The maximum absolute atomic E-state index is 11.8. The van der Waals surface area contributed by atoms with E-state index in [4.69, 9.17) is 4.42 Å². The standard InChI is InChI=1S/C16H21N3O2/c1-3-17-12(2)13-6-4-7-14(10-13)19-16(20)18-11-15-8-5-9-21-15/h4-10,12,17H,3,11H2,1-2H3,(H2,18,19,20). The number of benzene rings is 1. The lowest BCUT2D eigenvalue weighted by molar-refractivity contribution is 0.251. The summed E-state index contributed by atoms with van der Waals surface area (Å²) in [7, 11) is 0. The lowest BCUT2D eigenvalue weighted by Crippen LogP contribution is -2.28. The van der Waals surface area contributed by atoms with Crippen LogP contribution < -0.4 is 16.0 Å². The SMILES string of the molecule is CCNC(C)c1cccc(NC(=O)NCc2ccco2)c1.